The molecule has 1 heterocycles. The third kappa shape index (κ3) is 2.45. The highest BCUT2D eigenvalue weighted by molar-refractivity contribution is 5.93. The van der Waals surface area contributed by atoms with Crippen LogP contribution in [0.2, 0.25) is 0 Å². The molecule has 5 nitrogen and oxygen atoms in total. The highest BCUT2D eigenvalue weighted by Gasteiger charge is 2.27. The summed E-state index contributed by atoms with van der Waals surface area (Å²) in [7, 11) is 0. The summed E-state index contributed by atoms with van der Waals surface area (Å²) in [6.45, 7) is 3.57. The van der Waals surface area contributed by atoms with Gasteiger partial charge in [0, 0.05) is 23.7 Å². The zero-order chi connectivity index (χ0) is 16.0. The maximum atomic E-state index is 14.1. The van der Waals surface area contributed by atoms with Gasteiger partial charge in [-0.15, -0.1) is 0 Å². The Morgan fingerprint density at radius 3 is 2.64 bits per heavy atom. The molecule has 3 rings (SSSR count). The van der Waals surface area contributed by atoms with Crippen LogP contribution in [0.4, 0.5) is 4.39 Å². The Morgan fingerprint density at radius 1 is 1.41 bits per heavy atom. The fourth-order valence-electron chi connectivity index (χ4n) is 2.50. The van der Waals surface area contributed by atoms with Crippen LogP contribution in [-0.2, 0) is 0 Å². The Morgan fingerprint density at radius 2 is 2.09 bits per heavy atom. The first-order valence-electron chi connectivity index (χ1n) is 7.17. The normalized spacial score (nSPS) is 14.5. The molecule has 22 heavy (non-hydrogen) atoms. The number of aromatic nitrogens is 1. The molecule has 1 fully saturated rings. The maximum Gasteiger partial charge on any atom is 0.341 e. The summed E-state index contributed by atoms with van der Waals surface area (Å²) >= 11 is 0. The summed E-state index contributed by atoms with van der Waals surface area (Å²) in [6, 6.07) is 2.70. The third-order valence-corrected chi connectivity index (χ3v) is 3.62. The lowest BCUT2D eigenvalue weighted by atomic mass is 10.1. The van der Waals surface area contributed by atoms with Crippen LogP contribution in [-0.4, -0.2) is 21.7 Å². The van der Waals surface area contributed by atoms with Gasteiger partial charge in [-0.1, -0.05) is 0 Å². The molecule has 0 aliphatic heterocycles. The van der Waals surface area contributed by atoms with E-state index in [2.05, 4.69) is 0 Å². The van der Waals surface area contributed by atoms with Gasteiger partial charge in [0.2, 0.25) is 5.43 Å². The average Bonchev–Trinajstić information content (AvgIpc) is 3.24. The second-order valence-corrected chi connectivity index (χ2v) is 5.78. The van der Waals surface area contributed by atoms with Crippen molar-refractivity contribution in [1.29, 1.82) is 0 Å². The summed E-state index contributed by atoms with van der Waals surface area (Å²) in [5.74, 6) is -1.90. The van der Waals surface area contributed by atoms with Gasteiger partial charge in [-0.3, -0.25) is 4.79 Å². The summed E-state index contributed by atoms with van der Waals surface area (Å²) in [4.78, 5) is 23.5. The monoisotopic (exact) mass is 305 g/mol. The Balaban J connectivity index is 2.31. The van der Waals surface area contributed by atoms with E-state index in [4.69, 9.17) is 9.84 Å². The van der Waals surface area contributed by atoms with Gasteiger partial charge in [0.15, 0.2) is 11.6 Å². The van der Waals surface area contributed by atoms with Gasteiger partial charge in [-0.05, 0) is 32.8 Å². The first-order chi connectivity index (χ1) is 10.4. The van der Waals surface area contributed by atoms with Gasteiger partial charge in [0.05, 0.1) is 11.6 Å². The number of ether oxygens (including phenoxy) is 1. The highest BCUT2D eigenvalue weighted by Crippen LogP contribution is 2.38. The Bertz CT molecular complexity index is 821. The van der Waals surface area contributed by atoms with E-state index in [9.17, 15) is 14.0 Å². The number of halogens is 1. The Kier molecular flexibility index (Phi) is 3.39. The minimum Gasteiger partial charge on any atom is -0.488 e. The Hall–Kier alpha value is -2.37. The van der Waals surface area contributed by atoms with Crippen molar-refractivity contribution >= 4 is 16.9 Å². The van der Waals surface area contributed by atoms with Crippen molar-refractivity contribution in [3.8, 4) is 5.75 Å². The second-order valence-electron chi connectivity index (χ2n) is 5.78. The molecule has 2 aromatic rings. The predicted octanol–water partition coefficient (Wildman–Crippen LogP) is 2.96. The topological polar surface area (TPSA) is 68.5 Å². The number of benzene rings is 1. The fraction of sp³-hybridized carbons (Fsp3) is 0.375. The van der Waals surface area contributed by atoms with Crippen molar-refractivity contribution in [3.63, 3.8) is 0 Å². The number of carboxylic acids is 1. The smallest absolute Gasteiger partial charge is 0.341 e. The lowest BCUT2D eigenvalue weighted by molar-refractivity contribution is 0.0695. The number of hydrogen-bond donors (Lipinski definition) is 1. The molecule has 0 bridgehead atoms. The summed E-state index contributed by atoms with van der Waals surface area (Å²) in [6.07, 6.45) is 2.97. The number of aromatic carboxylic acids is 1. The lowest BCUT2D eigenvalue weighted by Gasteiger charge is -2.15. The van der Waals surface area contributed by atoms with Crippen LogP contribution in [0.5, 0.6) is 5.75 Å². The minimum atomic E-state index is -1.30. The van der Waals surface area contributed by atoms with Gasteiger partial charge in [0.1, 0.15) is 5.56 Å². The largest absolute Gasteiger partial charge is 0.488 e. The van der Waals surface area contributed by atoms with E-state index in [1.54, 1.807) is 18.4 Å². The Labute approximate surface area is 125 Å². The quantitative estimate of drug-likeness (QED) is 0.943. The van der Waals surface area contributed by atoms with Crippen LogP contribution in [0.1, 0.15) is 43.1 Å². The number of hydrogen-bond acceptors (Lipinski definition) is 3. The van der Waals surface area contributed by atoms with Crippen LogP contribution in [0.15, 0.2) is 23.1 Å². The van der Waals surface area contributed by atoms with E-state index in [1.807, 2.05) is 0 Å². The van der Waals surface area contributed by atoms with E-state index in [0.29, 0.717) is 5.52 Å². The lowest BCUT2D eigenvalue weighted by Crippen LogP contribution is -2.19. The van der Waals surface area contributed by atoms with Crippen molar-refractivity contribution in [2.24, 2.45) is 0 Å². The van der Waals surface area contributed by atoms with Crippen molar-refractivity contribution < 1.29 is 19.0 Å². The number of pyridine rings is 1. The third-order valence-electron chi connectivity index (χ3n) is 3.62. The van der Waals surface area contributed by atoms with Crippen molar-refractivity contribution in [3.05, 3.63) is 39.9 Å². The zero-order valence-corrected chi connectivity index (χ0v) is 12.3. The highest BCUT2D eigenvalue weighted by atomic mass is 19.1. The standard InChI is InChI=1S/C16H16FNO4/c1-8(2)22-14-6-13-10(5-12(14)17)15(19)11(16(20)21)7-18(13)9-3-4-9/h5-9H,3-4H2,1-2H3,(H,20,21). The number of nitrogens with zero attached hydrogens (tertiary/aromatic N) is 1. The second kappa shape index (κ2) is 5.12. The molecule has 1 aliphatic carbocycles. The average molecular weight is 305 g/mol. The molecular weight excluding hydrogens is 289 g/mol. The maximum absolute atomic E-state index is 14.1. The van der Waals surface area contributed by atoms with Crippen LogP contribution in [0.25, 0.3) is 10.9 Å². The molecule has 0 radical (unpaired) electrons. The van der Waals surface area contributed by atoms with Gasteiger partial charge in [-0.2, -0.15) is 0 Å². The molecule has 0 unspecified atom stereocenters. The van der Waals surface area contributed by atoms with E-state index >= 15 is 0 Å². The van der Waals surface area contributed by atoms with Crippen LogP contribution >= 0.6 is 0 Å². The number of carboxylic acid groups (broad SMARTS) is 1. The van der Waals surface area contributed by atoms with Crippen molar-refractivity contribution in [2.75, 3.05) is 0 Å². The van der Waals surface area contributed by atoms with Crippen LogP contribution in [0.3, 0.4) is 0 Å². The zero-order valence-electron chi connectivity index (χ0n) is 12.3. The number of fused-ring (bicyclic) bond motifs is 1. The van der Waals surface area contributed by atoms with Crippen LogP contribution in [0, 0.1) is 5.82 Å². The first-order valence-corrected chi connectivity index (χ1v) is 7.17. The fourth-order valence-corrected chi connectivity index (χ4v) is 2.50. The molecule has 6 heteroatoms. The molecule has 1 saturated carbocycles. The molecule has 116 valence electrons. The van der Waals surface area contributed by atoms with E-state index in [1.165, 1.54) is 12.3 Å². The molecule has 0 atom stereocenters. The van der Waals surface area contributed by atoms with E-state index < -0.39 is 17.2 Å². The number of rotatable bonds is 4. The predicted molar refractivity (Wildman–Crippen MR) is 79.2 cm³/mol. The number of carbonyl (C=O) groups is 1. The molecule has 1 N–H and O–H groups in total. The molecule has 0 saturated heterocycles. The summed E-state index contributed by atoms with van der Waals surface area (Å²) < 4.78 is 21.3. The summed E-state index contributed by atoms with van der Waals surface area (Å²) in [5, 5.41) is 9.23. The van der Waals surface area contributed by atoms with Gasteiger partial charge in [-0.25, -0.2) is 9.18 Å². The molecule has 0 amide bonds. The van der Waals surface area contributed by atoms with E-state index in [0.717, 1.165) is 18.9 Å². The molecule has 1 aromatic heterocycles. The van der Waals surface area contributed by atoms with Gasteiger partial charge >= 0.3 is 5.97 Å². The SMILES string of the molecule is CC(C)Oc1cc2c(cc1F)c(=O)c(C(=O)O)cn2C1CC1. The molecular formula is C16H16FNO4. The minimum absolute atomic E-state index is 0.0689. The summed E-state index contributed by atoms with van der Waals surface area (Å²) in [5.41, 5.74) is -0.500. The molecule has 1 aromatic carbocycles. The first kappa shape index (κ1) is 14.6. The molecule has 0 spiro atoms. The van der Waals surface area contributed by atoms with E-state index in [-0.39, 0.29) is 28.8 Å². The molecule has 1 aliphatic rings. The van der Waals surface area contributed by atoms with Crippen molar-refractivity contribution in [2.45, 2.75) is 38.8 Å². The van der Waals surface area contributed by atoms with Crippen LogP contribution < -0.4 is 10.2 Å². The van der Waals surface area contributed by atoms with Gasteiger partial charge in [0.25, 0.3) is 0 Å². The van der Waals surface area contributed by atoms with Crippen molar-refractivity contribution in [1.82, 2.24) is 4.57 Å². The van der Waals surface area contributed by atoms with Gasteiger partial charge < -0.3 is 14.4 Å².